The van der Waals surface area contributed by atoms with Crippen LogP contribution in [0.3, 0.4) is 0 Å². The zero-order chi connectivity index (χ0) is 10.6. The molecule has 1 heterocycles. The fourth-order valence-electron chi connectivity index (χ4n) is 1.04. The minimum Gasteiger partial charge on any atom is -0.480 e. The summed E-state index contributed by atoms with van der Waals surface area (Å²) in [5.41, 5.74) is 0. The van der Waals surface area contributed by atoms with E-state index in [4.69, 9.17) is 9.63 Å². The fraction of sp³-hybridized carbons (Fsp3) is 0.556. The van der Waals surface area contributed by atoms with Gasteiger partial charge in [-0.2, -0.15) is 0 Å². The summed E-state index contributed by atoms with van der Waals surface area (Å²) in [6.45, 7) is 3.79. The Morgan fingerprint density at radius 3 is 2.86 bits per heavy atom. The van der Waals surface area contributed by atoms with E-state index in [1.165, 1.54) is 11.8 Å². The third-order valence-electron chi connectivity index (χ3n) is 1.75. The lowest BCUT2D eigenvalue weighted by molar-refractivity contribution is -0.137. The van der Waals surface area contributed by atoms with Gasteiger partial charge in [-0.1, -0.05) is 19.0 Å². The van der Waals surface area contributed by atoms with Gasteiger partial charge in [-0.05, 0) is 5.92 Å². The Morgan fingerprint density at radius 2 is 2.43 bits per heavy atom. The van der Waals surface area contributed by atoms with Gasteiger partial charge in [0.2, 0.25) is 0 Å². The largest absolute Gasteiger partial charge is 0.480 e. The Hall–Kier alpha value is -0.970. The quantitative estimate of drug-likeness (QED) is 0.814. The minimum atomic E-state index is -0.774. The Morgan fingerprint density at radius 1 is 1.71 bits per heavy atom. The van der Waals surface area contributed by atoms with Crippen molar-refractivity contribution >= 4 is 17.7 Å². The summed E-state index contributed by atoms with van der Waals surface area (Å²) in [6, 6.07) is 1.74. The first-order chi connectivity index (χ1) is 6.61. The average Bonchev–Trinajstić information content (AvgIpc) is 2.55. The highest BCUT2D eigenvalue weighted by molar-refractivity contribution is 7.99. The summed E-state index contributed by atoms with van der Waals surface area (Å²) in [4.78, 5) is 10.8. The number of hydrogen-bond donors (Lipinski definition) is 1. The minimum absolute atomic E-state index is 0.112. The molecule has 0 bridgehead atoms. The van der Waals surface area contributed by atoms with Gasteiger partial charge in [-0.15, -0.1) is 11.8 Å². The van der Waals surface area contributed by atoms with E-state index in [0.29, 0.717) is 11.5 Å². The predicted octanol–water partition coefficient (Wildman–Crippen LogP) is 2.02. The molecule has 1 rings (SSSR count). The van der Waals surface area contributed by atoms with Gasteiger partial charge >= 0.3 is 5.97 Å². The third-order valence-corrected chi connectivity index (χ3v) is 3.30. The van der Waals surface area contributed by atoms with E-state index in [1.807, 2.05) is 13.8 Å². The van der Waals surface area contributed by atoms with Crippen molar-refractivity contribution in [2.24, 2.45) is 5.92 Å². The lowest BCUT2D eigenvalue weighted by Gasteiger charge is -2.14. The topological polar surface area (TPSA) is 63.3 Å². The molecule has 1 aromatic rings. The number of nitrogens with zero attached hydrogens (tertiary/aromatic N) is 1. The number of carbonyl (C=O) groups is 1. The van der Waals surface area contributed by atoms with Crippen LogP contribution in [0.15, 0.2) is 16.8 Å². The lowest BCUT2D eigenvalue weighted by atomic mass is 10.1. The molecule has 0 radical (unpaired) electrons. The van der Waals surface area contributed by atoms with E-state index in [9.17, 15) is 4.79 Å². The van der Waals surface area contributed by atoms with Crippen molar-refractivity contribution in [3.8, 4) is 0 Å². The molecule has 0 aromatic carbocycles. The van der Waals surface area contributed by atoms with Gasteiger partial charge < -0.3 is 9.63 Å². The maximum Gasteiger partial charge on any atom is 0.316 e. The van der Waals surface area contributed by atoms with Crippen LogP contribution in [0.4, 0.5) is 0 Å². The molecule has 0 aliphatic carbocycles. The number of aromatic nitrogens is 1. The molecule has 1 unspecified atom stereocenters. The van der Waals surface area contributed by atoms with Crippen LogP contribution in [-0.2, 0) is 10.5 Å². The summed E-state index contributed by atoms with van der Waals surface area (Å²) in [7, 11) is 0. The van der Waals surface area contributed by atoms with Crippen LogP contribution in [0.2, 0.25) is 0 Å². The zero-order valence-electron chi connectivity index (χ0n) is 8.14. The second-order valence-electron chi connectivity index (χ2n) is 3.29. The number of rotatable bonds is 5. The van der Waals surface area contributed by atoms with Crippen LogP contribution >= 0.6 is 11.8 Å². The standard InChI is InChI=1S/C9H13NO3S/c1-6(2)8(9(11)12)14-5-7-3-4-10-13-7/h3-4,6,8H,5H2,1-2H3,(H,11,12). The molecule has 1 N–H and O–H groups in total. The van der Waals surface area contributed by atoms with Gasteiger partial charge in [0.25, 0.3) is 0 Å². The Balaban J connectivity index is 2.45. The number of carboxylic acid groups (broad SMARTS) is 1. The van der Waals surface area contributed by atoms with E-state index in [2.05, 4.69) is 5.16 Å². The maximum atomic E-state index is 10.8. The van der Waals surface area contributed by atoms with Crippen LogP contribution in [0.5, 0.6) is 0 Å². The van der Waals surface area contributed by atoms with Crippen LogP contribution in [0.1, 0.15) is 19.6 Å². The highest BCUT2D eigenvalue weighted by atomic mass is 32.2. The van der Waals surface area contributed by atoms with Crippen molar-refractivity contribution in [2.75, 3.05) is 0 Å². The molecule has 14 heavy (non-hydrogen) atoms. The van der Waals surface area contributed by atoms with E-state index in [-0.39, 0.29) is 11.2 Å². The zero-order valence-corrected chi connectivity index (χ0v) is 8.95. The predicted molar refractivity (Wildman–Crippen MR) is 54.1 cm³/mol. The van der Waals surface area contributed by atoms with E-state index < -0.39 is 5.97 Å². The molecular weight excluding hydrogens is 202 g/mol. The Bertz CT molecular complexity index is 284. The van der Waals surface area contributed by atoms with Gasteiger partial charge in [0.05, 0.1) is 11.9 Å². The number of hydrogen-bond acceptors (Lipinski definition) is 4. The number of thioether (sulfide) groups is 1. The normalized spacial score (nSPS) is 13.1. The van der Waals surface area contributed by atoms with E-state index >= 15 is 0 Å². The first kappa shape index (κ1) is 11.1. The van der Waals surface area contributed by atoms with Gasteiger partial charge in [-0.3, -0.25) is 4.79 Å². The molecule has 0 spiro atoms. The Kier molecular flexibility index (Phi) is 4.00. The average molecular weight is 215 g/mol. The van der Waals surface area contributed by atoms with Crippen molar-refractivity contribution in [1.82, 2.24) is 5.16 Å². The fourth-order valence-corrected chi connectivity index (χ4v) is 2.06. The summed E-state index contributed by atoms with van der Waals surface area (Å²) in [5, 5.41) is 12.1. The molecule has 0 amide bonds. The second-order valence-corrected chi connectivity index (χ2v) is 4.42. The number of carboxylic acids is 1. The summed E-state index contributed by atoms with van der Waals surface area (Å²) in [6.07, 6.45) is 1.56. The van der Waals surface area contributed by atoms with E-state index in [1.54, 1.807) is 12.3 Å². The van der Waals surface area contributed by atoms with Crippen molar-refractivity contribution in [3.63, 3.8) is 0 Å². The summed E-state index contributed by atoms with van der Waals surface area (Å²) < 4.78 is 4.88. The summed E-state index contributed by atoms with van der Waals surface area (Å²) >= 11 is 1.36. The molecule has 0 aliphatic rings. The van der Waals surface area contributed by atoms with Gasteiger partial charge in [0.1, 0.15) is 11.0 Å². The molecule has 0 saturated heterocycles. The van der Waals surface area contributed by atoms with Gasteiger partial charge in [0, 0.05) is 6.07 Å². The van der Waals surface area contributed by atoms with Crippen LogP contribution in [0, 0.1) is 5.92 Å². The molecule has 5 heteroatoms. The third kappa shape index (κ3) is 3.06. The second kappa shape index (κ2) is 5.05. The molecule has 0 saturated carbocycles. The van der Waals surface area contributed by atoms with Crippen LogP contribution in [0.25, 0.3) is 0 Å². The first-order valence-electron chi connectivity index (χ1n) is 4.35. The molecule has 78 valence electrons. The maximum absolute atomic E-state index is 10.8. The van der Waals surface area contributed by atoms with Gasteiger partial charge in [0.15, 0.2) is 0 Å². The van der Waals surface area contributed by atoms with Crippen molar-refractivity contribution in [1.29, 1.82) is 0 Å². The highest BCUT2D eigenvalue weighted by Gasteiger charge is 2.22. The Labute approximate surface area is 86.7 Å². The SMILES string of the molecule is CC(C)C(SCc1ccno1)C(=O)O. The van der Waals surface area contributed by atoms with Crippen molar-refractivity contribution < 1.29 is 14.4 Å². The van der Waals surface area contributed by atoms with Crippen molar-refractivity contribution in [2.45, 2.75) is 24.9 Å². The van der Waals surface area contributed by atoms with E-state index in [0.717, 1.165) is 0 Å². The van der Waals surface area contributed by atoms with Gasteiger partial charge in [-0.25, -0.2) is 0 Å². The van der Waals surface area contributed by atoms with Crippen LogP contribution < -0.4 is 0 Å². The smallest absolute Gasteiger partial charge is 0.316 e. The first-order valence-corrected chi connectivity index (χ1v) is 5.40. The molecular formula is C9H13NO3S. The number of aliphatic carboxylic acids is 1. The molecule has 0 aliphatic heterocycles. The molecule has 1 atom stereocenters. The lowest BCUT2D eigenvalue weighted by Crippen LogP contribution is -2.22. The van der Waals surface area contributed by atoms with Crippen molar-refractivity contribution in [3.05, 3.63) is 18.0 Å². The molecule has 0 fully saturated rings. The molecule has 4 nitrogen and oxygen atoms in total. The monoisotopic (exact) mass is 215 g/mol. The highest BCUT2D eigenvalue weighted by Crippen LogP contribution is 2.23. The molecule has 1 aromatic heterocycles. The van der Waals surface area contributed by atoms with Crippen LogP contribution in [-0.4, -0.2) is 21.5 Å². The summed E-state index contributed by atoms with van der Waals surface area (Å²) in [5.74, 6) is 0.599.